The van der Waals surface area contributed by atoms with Crippen LogP contribution in [0.5, 0.6) is 0 Å². The zero-order valence-corrected chi connectivity index (χ0v) is 12.8. The fourth-order valence-corrected chi connectivity index (χ4v) is 4.31. The van der Waals surface area contributed by atoms with Crippen molar-refractivity contribution in [1.29, 1.82) is 0 Å². The number of nitrogens with two attached hydrogens (primary N) is 1. The lowest BCUT2D eigenvalue weighted by atomic mass is 9.89. The molecule has 1 amide bonds. The van der Waals surface area contributed by atoms with E-state index in [-0.39, 0.29) is 0 Å². The van der Waals surface area contributed by atoms with Gasteiger partial charge >= 0.3 is 5.69 Å². The van der Waals surface area contributed by atoms with Crippen molar-refractivity contribution < 1.29 is 4.79 Å². The number of thiophene rings is 1. The number of nitrogens with zero attached hydrogens (tertiary/aromatic N) is 1. The Bertz CT molecular complexity index is 845. The number of aromatic nitrogens is 2. The summed E-state index contributed by atoms with van der Waals surface area (Å²) in [5.74, 6) is -0.108. The first-order valence-corrected chi connectivity index (χ1v) is 7.80. The summed E-state index contributed by atoms with van der Waals surface area (Å²) in [6.45, 7) is 3.65. The zero-order valence-electron chi connectivity index (χ0n) is 11.9. The van der Waals surface area contributed by atoms with Gasteiger partial charge in [0.15, 0.2) is 0 Å². The lowest BCUT2D eigenvalue weighted by Crippen LogP contribution is -2.41. The molecule has 7 heteroatoms. The van der Waals surface area contributed by atoms with E-state index in [2.05, 4.69) is 11.9 Å². The van der Waals surface area contributed by atoms with Crippen molar-refractivity contribution in [3.8, 4) is 0 Å². The van der Waals surface area contributed by atoms with Crippen molar-refractivity contribution in [2.75, 3.05) is 0 Å². The molecule has 2 heterocycles. The Kier molecular flexibility index (Phi) is 3.24. The third kappa shape index (κ3) is 2.12. The van der Waals surface area contributed by atoms with Gasteiger partial charge in [0.2, 0.25) is 5.91 Å². The van der Waals surface area contributed by atoms with Crippen LogP contribution >= 0.6 is 11.3 Å². The molecular weight excluding hydrogens is 290 g/mol. The van der Waals surface area contributed by atoms with Crippen LogP contribution < -0.4 is 17.0 Å². The van der Waals surface area contributed by atoms with Crippen molar-refractivity contribution in [2.24, 2.45) is 11.7 Å². The first-order valence-electron chi connectivity index (χ1n) is 6.98. The molecule has 0 spiro atoms. The molecule has 2 aromatic heterocycles. The average molecular weight is 307 g/mol. The molecule has 112 valence electrons. The molecule has 21 heavy (non-hydrogen) atoms. The molecule has 0 saturated carbocycles. The maximum Gasteiger partial charge on any atom is 0.330 e. The molecule has 0 saturated heterocycles. The Labute approximate surface area is 124 Å². The van der Waals surface area contributed by atoms with Gasteiger partial charge in [-0.2, -0.15) is 0 Å². The molecule has 0 fully saturated rings. The summed E-state index contributed by atoms with van der Waals surface area (Å²) in [7, 11) is 0. The van der Waals surface area contributed by atoms with Crippen LogP contribution in [0.2, 0.25) is 0 Å². The molecule has 0 aliphatic heterocycles. The normalized spacial score (nSPS) is 19.4. The van der Waals surface area contributed by atoms with Crippen molar-refractivity contribution in [1.82, 2.24) is 9.55 Å². The van der Waals surface area contributed by atoms with Crippen LogP contribution in [0.25, 0.3) is 10.2 Å². The molecule has 3 N–H and O–H groups in total. The van der Waals surface area contributed by atoms with Gasteiger partial charge < -0.3 is 5.73 Å². The van der Waals surface area contributed by atoms with E-state index in [1.165, 1.54) is 23.1 Å². The highest BCUT2D eigenvalue weighted by Gasteiger charge is 2.25. The van der Waals surface area contributed by atoms with E-state index in [0.717, 1.165) is 29.4 Å². The number of nitrogens with one attached hydrogen (secondary N) is 1. The smallest absolute Gasteiger partial charge is 0.330 e. The van der Waals surface area contributed by atoms with Crippen LogP contribution in [0.3, 0.4) is 0 Å². The largest absolute Gasteiger partial charge is 0.368 e. The number of carbonyl (C=O) groups excluding carboxylic acids is 1. The minimum atomic E-state index is -0.955. The van der Waals surface area contributed by atoms with Gasteiger partial charge in [0.25, 0.3) is 5.56 Å². The molecule has 0 bridgehead atoms. The van der Waals surface area contributed by atoms with Crippen molar-refractivity contribution in [3.05, 3.63) is 31.3 Å². The van der Waals surface area contributed by atoms with Gasteiger partial charge in [-0.25, -0.2) is 9.36 Å². The molecule has 0 radical (unpaired) electrons. The van der Waals surface area contributed by atoms with Gasteiger partial charge in [0.1, 0.15) is 10.9 Å². The fraction of sp³-hybridized carbons (Fsp3) is 0.500. The Morgan fingerprint density at radius 1 is 1.48 bits per heavy atom. The Balaban J connectivity index is 2.32. The first kappa shape index (κ1) is 14.1. The standard InChI is InChI=1S/C14H17N3O3S/c1-6-3-4-8-9(5-6)21-12-10(8)13(19)17(14(20)16-12)7(2)11(15)18/h6-7H,3-5H2,1-2H3,(H2,15,18)(H,16,20). The SMILES string of the molecule is CC1CCc2c(sc3[nH]c(=O)n(C(C)C(N)=O)c(=O)c23)C1. The van der Waals surface area contributed by atoms with Gasteiger partial charge in [-0.05, 0) is 37.7 Å². The van der Waals surface area contributed by atoms with E-state index < -0.39 is 23.2 Å². The van der Waals surface area contributed by atoms with Crippen LogP contribution in [-0.4, -0.2) is 15.5 Å². The number of H-pyrrole nitrogens is 1. The molecule has 1 aliphatic rings. The van der Waals surface area contributed by atoms with Crippen LogP contribution in [0.15, 0.2) is 9.59 Å². The first-order chi connectivity index (χ1) is 9.90. The second-order valence-corrected chi connectivity index (χ2v) is 6.84. The molecule has 3 rings (SSSR count). The van der Waals surface area contributed by atoms with Crippen molar-refractivity contribution >= 4 is 27.5 Å². The van der Waals surface area contributed by atoms with Gasteiger partial charge in [0, 0.05) is 4.88 Å². The van der Waals surface area contributed by atoms with E-state index in [4.69, 9.17) is 5.73 Å². The number of amides is 1. The maximum atomic E-state index is 12.7. The van der Waals surface area contributed by atoms with E-state index in [0.29, 0.717) is 16.1 Å². The fourth-order valence-electron chi connectivity index (χ4n) is 2.91. The summed E-state index contributed by atoms with van der Waals surface area (Å²) in [6, 6.07) is -0.955. The summed E-state index contributed by atoms with van der Waals surface area (Å²) in [4.78, 5) is 40.6. The number of aromatic amines is 1. The highest BCUT2D eigenvalue weighted by molar-refractivity contribution is 7.18. The quantitative estimate of drug-likeness (QED) is 0.863. The molecular formula is C14H17N3O3S. The number of carbonyl (C=O) groups is 1. The van der Waals surface area contributed by atoms with Crippen LogP contribution in [0.1, 0.15) is 36.8 Å². The van der Waals surface area contributed by atoms with Crippen molar-refractivity contribution in [3.63, 3.8) is 0 Å². The molecule has 2 aromatic rings. The third-order valence-electron chi connectivity index (χ3n) is 4.18. The Morgan fingerprint density at radius 2 is 2.19 bits per heavy atom. The van der Waals surface area contributed by atoms with Gasteiger partial charge in [-0.1, -0.05) is 6.92 Å². The van der Waals surface area contributed by atoms with Crippen LogP contribution in [0.4, 0.5) is 0 Å². The zero-order chi connectivity index (χ0) is 15.3. The lowest BCUT2D eigenvalue weighted by molar-refractivity contribution is -0.120. The highest BCUT2D eigenvalue weighted by Crippen LogP contribution is 2.35. The highest BCUT2D eigenvalue weighted by atomic mass is 32.1. The van der Waals surface area contributed by atoms with E-state index in [9.17, 15) is 14.4 Å². The number of rotatable bonds is 2. The Morgan fingerprint density at radius 3 is 2.86 bits per heavy atom. The monoisotopic (exact) mass is 307 g/mol. The second kappa shape index (κ2) is 4.84. The second-order valence-electron chi connectivity index (χ2n) is 5.74. The molecule has 2 atom stereocenters. The summed E-state index contributed by atoms with van der Waals surface area (Å²) in [6.07, 6.45) is 2.80. The predicted molar refractivity (Wildman–Crippen MR) is 81.8 cm³/mol. The lowest BCUT2D eigenvalue weighted by Gasteiger charge is -2.17. The number of aryl methyl sites for hydroxylation is 1. The molecule has 1 aliphatic carbocycles. The van der Waals surface area contributed by atoms with Crippen molar-refractivity contribution in [2.45, 2.75) is 39.2 Å². The van der Waals surface area contributed by atoms with E-state index in [1.54, 1.807) is 0 Å². The van der Waals surface area contributed by atoms with Gasteiger partial charge in [-0.15, -0.1) is 11.3 Å². The predicted octanol–water partition coefficient (Wildman–Crippen LogP) is 0.922. The average Bonchev–Trinajstić information content (AvgIpc) is 2.75. The number of primary amides is 1. The van der Waals surface area contributed by atoms with Gasteiger partial charge in [0.05, 0.1) is 5.39 Å². The minimum absolute atomic E-state index is 0.410. The summed E-state index contributed by atoms with van der Waals surface area (Å²) < 4.78 is 0.926. The number of hydrogen-bond acceptors (Lipinski definition) is 4. The van der Waals surface area contributed by atoms with E-state index in [1.807, 2.05) is 0 Å². The number of fused-ring (bicyclic) bond motifs is 3. The van der Waals surface area contributed by atoms with Crippen LogP contribution in [0, 0.1) is 5.92 Å². The summed E-state index contributed by atoms with van der Waals surface area (Å²) >= 11 is 1.48. The minimum Gasteiger partial charge on any atom is -0.368 e. The maximum absolute atomic E-state index is 12.7. The van der Waals surface area contributed by atoms with Crippen LogP contribution in [-0.2, 0) is 17.6 Å². The molecule has 2 unspecified atom stereocenters. The topological polar surface area (TPSA) is 97.9 Å². The Hall–Kier alpha value is -1.89. The summed E-state index contributed by atoms with van der Waals surface area (Å²) in [5.41, 5.74) is 5.27. The molecule has 6 nitrogen and oxygen atoms in total. The van der Waals surface area contributed by atoms with Gasteiger partial charge in [-0.3, -0.25) is 14.6 Å². The third-order valence-corrected chi connectivity index (χ3v) is 5.35. The van der Waals surface area contributed by atoms with E-state index >= 15 is 0 Å². The summed E-state index contributed by atoms with van der Waals surface area (Å²) in [5, 5.41) is 0.551. The number of hydrogen-bond donors (Lipinski definition) is 2. The molecule has 0 aromatic carbocycles.